The van der Waals surface area contributed by atoms with E-state index in [2.05, 4.69) is 10.6 Å². The molecule has 0 aromatic heterocycles. The molecule has 1 heterocycles. The van der Waals surface area contributed by atoms with Crippen LogP contribution in [0, 0.1) is 0 Å². The molecule has 1 spiro atoms. The number of methoxy groups -OCH3 is 2. The third kappa shape index (κ3) is 4.05. The molecule has 0 radical (unpaired) electrons. The van der Waals surface area contributed by atoms with Crippen LogP contribution >= 0.6 is 0 Å². The van der Waals surface area contributed by atoms with Gasteiger partial charge in [0.25, 0.3) is 5.91 Å². The molecule has 152 valence electrons. The topological polar surface area (TPSA) is 97.0 Å². The van der Waals surface area contributed by atoms with E-state index in [0.29, 0.717) is 30.0 Å². The summed E-state index contributed by atoms with van der Waals surface area (Å²) in [6.45, 7) is -0.319. The van der Waals surface area contributed by atoms with Crippen LogP contribution in [0.1, 0.15) is 44.9 Å². The van der Waals surface area contributed by atoms with Crippen molar-refractivity contribution in [2.75, 3.05) is 26.1 Å². The summed E-state index contributed by atoms with van der Waals surface area (Å²) >= 11 is 0. The Hall–Kier alpha value is -2.77. The Morgan fingerprint density at radius 1 is 1.07 bits per heavy atom. The summed E-state index contributed by atoms with van der Waals surface area (Å²) in [6, 6.07) is 4.47. The van der Waals surface area contributed by atoms with E-state index in [1.54, 1.807) is 18.2 Å². The molecule has 2 N–H and O–H groups in total. The maximum atomic E-state index is 13.0. The minimum absolute atomic E-state index is 0.290. The Bertz CT molecular complexity index is 756. The van der Waals surface area contributed by atoms with Crippen molar-refractivity contribution in [3.05, 3.63) is 18.2 Å². The van der Waals surface area contributed by atoms with Crippen molar-refractivity contribution in [3.63, 3.8) is 0 Å². The number of urea groups is 1. The number of ether oxygens (including phenoxy) is 2. The second-order valence-corrected chi connectivity index (χ2v) is 7.29. The minimum Gasteiger partial charge on any atom is -0.493 e. The molecular weight excluding hydrogens is 362 g/mol. The van der Waals surface area contributed by atoms with E-state index in [9.17, 15) is 14.4 Å². The normalized spacial score (nSPS) is 19.0. The fourth-order valence-corrected chi connectivity index (χ4v) is 3.93. The number of hydrogen-bond donors (Lipinski definition) is 2. The molecule has 0 atom stereocenters. The molecule has 1 saturated heterocycles. The summed E-state index contributed by atoms with van der Waals surface area (Å²) in [4.78, 5) is 38.8. The average Bonchev–Trinajstić information content (AvgIpc) is 2.89. The number of carbonyl (C=O) groups excluding carboxylic acids is 3. The number of anilines is 1. The highest BCUT2D eigenvalue weighted by Crippen LogP contribution is 2.32. The smallest absolute Gasteiger partial charge is 0.325 e. The second kappa shape index (κ2) is 8.50. The molecule has 0 bridgehead atoms. The maximum Gasteiger partial charge on any atom is 0.325 e. The number of carbonyl (C=O) groups is 3. The van der Waals surface area contributed by atoms with Crippen LogP contribution in [0.5, 0.6) is 11.5 Å². The minimum atomic E-state index is -0.846. The summed E-state index contributed by atoms with van der Waals surface area (Å²) < 4.78 is 10.4. The highest BCUT2D eigenvalue weighted by Gasteiger charge is 2.50. The number of nitrogens with zero attached hydrogens (tertiary/aromatic N) is 1. The number of amides is 4. The van der Waals surface area contributed by atoms with Crippen LogP contribution in [0.25, 0.3) is 0 Å². The average molecular weight is 389 g/mol. The van der Waals surface area contributed by atoms with Gasteiger partial charge in [-0.2, -0.15) is 0 Å². The van der Waals surface area contributed by atoms with Crippen LogP contribution in [-0.2, 0) is 9.59 Å². The number of hydrogen-bond acceptors (Lipinski definition) is 5. The lowest BCUT2D eigenvalue weighted by Crippen LogP contribution is -2.47. The Morgan fingerprint density at radius 3 is 2.36 bits per heavy atom. The predicted octanol–water partition coefficient (Wildman–Crippen LogP) is 2.68. The predicted molar refractivity (Wildman–Crippen MR) is 103 cm³/mol. The lowest BCUT2D eigenvalue weighted by atomic mass is 9.84. The number of benzene rings is 1. The lowest BCUT2D eigenvalue weighted by Gasteiger charge is -2.28. The molecule has 1 aromatic carbocycles. The van der Waals surface area contributed by atoms with Gasteiger partial charge in [0.1, 0.15) is 12.1 Å². The van der Waals surface area contributed by atoms with Gasteiger partial charge in [0, 0.05) is 11.8 Å². The van der Waals surface area contributed by atoms with Crippen molar-refractivity contribution >= 4 is 23.5 Å². The fourth-order valence-electron chi connectivity index (χ4n) is 3.93. The molecule has 8 heteroatoms. The summed E-state index contributed by atoms with van der Waals surface area (Å²) in [7, 11) is 3.03. The molecule has 2 fully saturated rings. The summed E-state index contributed by atoms with van der Waals surface area (Å²) in [5.41, 5.74) is -0.350. The van der Waals surface area contributed by atoms with E-state index in [-0.39, 0.29) is 12.5 Å². The van der Waals surface area contributed by atoms with E-state index in [0.717, 1.165) is 37.0 Å². The molecule has 0 unspecified atom stereocenters. The first-order valence-electron chi connectivity index (χ1n) is 9.65. The molecule has 28 heavy (non-hydrogen) atoms. The first-order valence-corrected chi connectivity index (χ1v) is 9.65. The molecule has 1 aliphatic heterocycles. The number of imide groups is 1. The van der Waals surface area contributed by atoms with Gasteiger partial charge in [0.2, 0.25) is 5.91 Å². The molecule has 1 aliphatic carbocycles. The zero-order valence-electron chi connectivity index (χ0n) is 16.4. The van der Waals surface area contributed by atoms with Crippen molar-refractivity contribution in [1.82, 2.24) is 10.2 Å². The van der Waals surface area contributed by atoms with Gasteiger partial charge < -0.3 is 20.1 Å². The van der Waals surface area contributed by atoms with Crippen LogP contribution < -0.4 is 20.1 Å². The number of nitrogens with one attached hydrogen (secondary N) is 2. The maximum absolute atomic E-state index is 13.0. The number of rotatable bonds is 5. The van der Waals surface area contributed by atoms with Gasteiger partial charge in [0.05, 0.1) is 14.2 Å². The van der Waals surface area contributed by atoms with Crippen LogP contribution in [0.2, 0.25) is 0 Å². The molecule has 3 rings (SSSR count). The molecule has 1 saturated carbocycles. The lowest BCUT2D eigenvalue weighted by molar-refractivity contribution is -0.134. The van der Waals surface area contributed by atoms with Crippen LogP contribution in [0.3, 0.4) is 0 Å². The van der Waals surface area contributed by atoms with Crippen LogP contribution in [-0.4, -0.2) is 49.0 Å². The largest absolute Gasteiger partial charge is 0.493 e. The Kier molecular flexibility index (Phi) is 6.06. The third-order valence-corrected chi connectivity index (χ3v) is 5.42. The molecule has 4 amide bonds. The van der Waals surface area contributed by atoms with Crippen LogP contribution in [0.15, 0.2) is 18.2 Å². The van der Waals surface area contributed by atoms with E-state index >= 15 is 0 Å². The van der Waals surface area contributed by atoms with Gasteiger partial charge in [-0.3, -0.25) is 14.5 Å². The second-order valence-electron chi connectivity index (χ2n) is 7.29. The summed E-state index contributed by atoms with van der Waals surface area (Å²) in [5, 5.41) is 5.56. The Balaban J connectivity index is 1.66. The van der Waals surface area contributed by atoms with Crippen molar-refractivity contribution in [2.45, 2.75) is 50.5 Å². The van der Waals surface area contributed by atoms with E-state index in [4.69, 9.17) is 9.47 Å². The molecular formula is C20H27N3O5. The highest BCUT2D eigenvalue weighted by molar-refractivity contribution is 6.10. The van der Waals surface area contributed by atoms with Gasteiger partial charge in [-0.15, -0.1) is 0 Å². The SMILES string of the molecule is COc1ccc(NC(=O)CN2C(=O)NC3(CCCCCCC3)C2=O)cc1OC. The van der Waals surface area contributed by atoms with E-state index in [1.165, 1.54) is 14.2 Å². The zero-order chi connectivity index (χ0) is 20.1. The molecule has 8 nitrogen and oxygen atoms in total. The van der Waals surface area contributed by atoms with Gasteiger partial charge in [-0.05, 0) is 25.0 Å². The fraction of sp³-hybridized carbons (Fsp3) is 0.550. The monoisotopic (exact) mass is 389 g/mol. The summed E-state index contributed by atoms with van der Waals surface area (Å²) in [5.74, 6) is 0.282. The van der Waals surface area contributed by atoms with E-state index < -0.39 is 17.5 Å². The van der Waals surface area contributed by atoms with Crippen molar-refractivity contribution in [2.24, 2.45) is 0 Å². The first kappa shape index (κ1) is 20.0. The van der Waals surface area contributed by atoms with Crippen molar-refractivity contribution < 1.29 is 23.9 Å². The molecule has 2 aliphatic rings. The van der Waals surface area contributed by atoms with Gasteiger partial charge >= 0.3 is 6.03 Å². The van der Waals surface area contributed by atoms with Crippen molar-refractivity contribution in [1.29, 1.82) is 0 Å². The summed E-state index contributed by atoms with van der Waals surface area (Å²) in [6.07, 6.45) is 6.34. The Labute approximate surface area is 164 Å². The Morgan fingerprint density at radius 2 is 1.71 bits per heavy atom. The first-order chi connectivity index (χ1) is 13.5. The zero-order valence-corrected chi connectivity index (χ0v) is 16.4. The van der Waals surface area contributed by atoms with Gasteiger partial charge in [0.15, 0.2) is 11.5 Å². The molecule has 1 aromatic rings. The quantitative estimate of drug-likeness (QED) is 0.755. The van der Waals surface area contributed by atoms with Gasteiger partial charge in [-0.25, -0.2) is 4.79 Å². The van der Waals surface area contributed by atoms with Gasteiger partial charge in [-0.1, -0.05) is 32.1 Å². The van der Waals surface area contributed by atoms with Crippen LogP contribution in [0.4, 0.5) is 10.5 Å². The van der Waals surface area contributed by atoms with E-state index in [1.807, 2.05) is 0 Å². The highest BCUT2D eigenvalue weighted by atomic mass is 16.5. The third-order valence-electron chi connectivity index (χ3n) is 5.42. The van der Waals surface area contributed by atoms with Crippen molar-refractivity contribution in [3.8, 4) is 11.5 Å². The standard InChI is InChI=1S/C20H27N3O5/c1-27-15-9-8-14(12-16(15)28-2)21-17(24)13-23-18(25)20(22-19(23)26)10-6-4-3-5-7-11-20/h8-9,12H,3-7,10-11,13H2,1-2H3,(H,21,24)(H,22,26).